The van der Waals surface area contributed by atoms with Gasteiger partial charge in [-0.05, 0) is 19.4 Å². The van der Waals surface area contributed by atoms with Gasteiger partial charge in [0.1, 0.15) is 0 Å². The Morgan fingerprint density at radius 3 is 1.16 bits per heavy atom. The van der Waals surface area contributed by atoms with Crippen LogP contribution in [0.1, 0.15) is 200 Å². The summed E-state index contributed by atoms with van der Waals surface area (Å²) in [6.07, 6.45) is 41.9. The van der Waals surface area contributed by atoms with E-state index >= 15 is 0 Å². The number of hydrogen-bond donors (Lipinski definition) is 3. The zero-order valence-electron chi connectivity index (χ0n) is 30.7. The van der Waals surface area contributed by atoms with Crippen molar-refractivity contribution in [2.75, 3.05) is 52.4 Å². The summed E-state index contributed by atoms with van der Waals surface area (Å²) in [6.45, 7) is 13.8. The smallest absolute Gasteiger partial charge is 0.0221 e. The molecule has 0 radical (unpaired) electrons. The predicted molar refractivity (Wildman–Crippen MR) is 199 cm³/mol. The minimum absolute atomic E-state index is 0.704. The second-order valence-corrected chi connectivity index (χ2v) is 14.4. The Bertz CT molecular complexity index is 482. The van der Waals surface area contributed by atoms with Gasteiger partial charge in [-0.1, -0.05) is 187 Å². The fraction of sp³-hybridized carbons (Fsp3) is 1.00. The molecule has 0 aromatic rings. The molecule has 4 nitrogen and oxygen atoms in total. The Hall–Kier alpha value is -0.160. The summed E-state index contributed by atoms with van der Waals surface area (Å²) in [5.74, 6) is 0. The summed E-state index contributed by atoms with van der Waals surface area (Å²) in [5, 5.41) is 11.1. The SMILES string of the molecule is CCCCCCCCCCCCCCCCC1CNCCNCCNCCN1CCCCCCCCCCCCCCCC. The molecule has 0 aliphatic carbocycles. The zero-order valence-corrected chi connectivity index (χ0v) is 30.7. The van der Waals surface area contributed by atoms with Crippen LogP contribution in [0.3, 0.4) is 0 Å². The molecular weight excluding hydrogens is 536 g/mol. The van der Waals surface area contributed by atoms with Crippen molar-refractivity contribution in [3.8, 4) is 0 Å². The van der Waals surface area contributed by atoms with Crippen molar-refractivity contribution in [3.05, 3.63) is 0 Å². The van der Waals surface area contributed by atoms with Gasteiger partial charge in [0.2, 0.25) is 0 Å². The van der Waals surface area contributed by atoms with Gasteiger partial charge in [0.25, 0.3) is 0 Å². The summed E-state index contributed by atoms with van der Waals surface area (Å²) >= 11 is 0. The van der Waals surface area contributed by atoms with E-state index in [2.05, 4.69) is 34.7 Å². The highest BCUT2D eigenvalue weighted by molar-refractivity contribution is 4.76. The van der Waals surface area contributed by atoms with E-state index in [9.17, 15) is 0 Å². The molecule has 1 saturated heterocycles. The summed E-state index contributed by atoms with van der Waals surface area (Å²) in [5.41, 5.74) is 0. The molecule has 0 spiro atoms. The van der Waals surface area contributed by atoms with Crippen LogP contribution in [0.25, 0.3) is 0 Å². The molecular formula is C40H84N4. The third-order valence-corrected chi connectivity index (χ3v) is 10.1. The fourth-order valence-corrected chi connectivity index (χ4v) is 7.07. The molecule has 1 atom stereocenters. The van der Waals surface area contributed by atoms with Crippen molar-refractivity contribution in [1.82, 2.24) is 20.9 Å². The van der Waals surface area contributed by atoms with Crippen LogP contribution in [0.15, 0.2) is 0 Å². The minimum Gasteiger partial charge on any atom is -0.314 e. The number of nitrogens with one attached hydrogen (secondary N) is 3. The number of rotatable bonds is 30. The molecule has 0 bridgehead atoms. The van der Waals surface area contributed by atoms with Gasteiger partial charge in [0.15, 0.2) is 0 Å². The summed E-state index contributed by atoms with van der Waals surface area (Å²) in [6, 6.07) is 0.704. The first-order valence-corrected chi connectivity index (χ1v) is 20.7. The minimum atomic E-state index is 0.704. The second kappa shape index (κ2) is 35.7. The van der Waals surface area contributed by atoms with E-state index in [0.29, 0.717) is 6.04 Å². The molecule has 1 fully saturated rings. The highest BCUT2D eigenvalue weighted by Gasteiger charge is 2.18. The topological polar surface area (TPSA) is 39.3 Å². The van der Waals surface area contributed by atoms with Gasteiger partial charge in [-0.3, -0.25) is 4.90 Å². The maximum atomic E-state index is 3.81. The number of unbranched alkanes of at least 4 members (excludes halogenated alkanes) is 26. The molecule has 3 N–H and O–H groups in total. The van der Waals surface area contributed by atoms with Crippen LogP contribution in [0.5, 0.6) is 0 Å². The van der Waals surface area contributed by atoms with E-state index in [4.69, 9.17) is 0 Å². The average Bonchev–Trinajstić information content (AvgIpc) is 3.03. The van der Waals surface area contributed by atoms with Gasteiger partial charge in [0, 0.05) is 51.9 Å². The highest BCUT2D eigenvalue weighted by atomic mass is 15.2. The highest BCUT2D eigenvalue weighted by Crippen LogP contribution is 2.17. The Kier molecular flexibility index (Phi) is 34.0. The summed E-state index contributed by atoms with van der Waals surface area (Å²) < 4.78 is 0. The summed E-state index contributed by atoms with van der Waals surface area (Å²) in [7, 11) is 0. The molecule has 1 aliphatic rings. The molecule has 0 saturated carbocycles. The molecule has 0 aromatic carbocycles. The van der Waals surface area contributed by atoms with Crippen molar-refractivity contribution in [1.29, 1.82) is 0 Å². The van der Waals surface area contributed by atoms with E-state index in [0.717, 1.165) is 32.7 Å². The maximum absolute atomic E-state index is 3.81. The maximum Gasteiger partial charge on any atom is 0.0221 e. The van der Waals surface area contributed by atoms with E-state index in [1.807, 2.05) is 0 Å². The van der Waals surface area contributed by atoms with Crippen LogP contribution in [0.4, 0.5) is 0 Å². The van der Waals surface area contributed by atoms with Crippen molar-refractivity contribution in [2.45, 2.75) is 206 Å². The quantitative estimate of drug-likeness (QED) is 0.0699. The van der Waals surface area contributed by atoms with E-state index in [1.54, 1.807) is 0 Å². The first kappa shape index (κ1) is 41.9. The molecule has 4 heteroatoms. The third-order valence-electron chi connectivity index (χ3n) is 10.1. The Balaban J connectivity index is 2.17. The Labute approximate surface area is 278 Å². The van der Waals surface area contributed by atoms with Crippen LogP contribution in [-0.4, -0.2) is 63.3 Å². The fourth-order valence-electron chi connectivity index (χ4n) is 7.07. The molecule has 0 amide bonds. The van der Waals surface area contributed by atoms with Crippen molar-refractivity contribution < 1.29 is 0 Å². The third kappa shape index (κ3) is 29.3. The van der Waals surface area contributed by atoms with Crippen LogP contribution in [0, 0.1) is 0 Å². The lowest BCUT2D eigenvalue weighted by Gasteiger charge is -2.33. The molecule has 0 aromatic heterocycles. The Morgan fingerprint density at radius 1 is 0.386 bits per heavy atom. The van der Waals surface area contributed by atoms with E-state index in [-0.39, 0.29) is 0 Å². The lowest BCUT2D eigenvalue weighted by atomic mass is 10.0. The average molecular weight is 621 g/mol. The van der Waals surface area contributed by atoms with Crippen LogP contribution in [-0.2, 0) is 0 Å². The lowest BCUT2D eigenvalue weighted by Crippen LogP contribution is -2.48. The van der Waals surface area contributed by atoms with Gasteiger partial charge in [-0.15, -0.1) is 0 Å². The normalized spacial score (nSPS) is 17.5. The van der Waals surface area contributed by atoms with Gasteiger partial charge < -0.3 is 16.0 Å². The molecule has 44 heavy (non-hydrogen) atoms. The predicted octanol–water partition coefficient (Wildman–Crippen LogP) is 10.8. The van der Waals surface area contributed by atoms with Crippen LogP contribution < -0.4 is 16.0 Å². The van der Waals surface area contributed by atoms with Gasteiger partial charge in [-0.25, -0.2) is 0 Å². The van der Waals surface area contributed by atoms with E-state index in [1.165, 1.54) is 206 Å². The largest absolute Gasteiger partial charge is 0.314 e. The van der Waals surface area contributed by atoms with Crippen LogP contribution >= 0.6 is 0 Å². The first-order valence-electron chi connectivity index (χ1n) is 20.7. The van der Waals surface area contributed by atoms with Crippen molar-refractivity contribution in [2.24, 2.45) is 0 Å². The second-order valence-electron chi connectivity index (χ2n) is 14.4. The molecule has 1 aliphatic heterocycles. The first-order chi connectivity index (χ1) is 21.9. The zero-order chi connectivity index (χ0) is 31.4. The molecule has 1 unspecified atom stereocenters. The van der Waals surface area contributed by atoms with Gasteiger partial charge >= 0.3 is 0 Å². The van der Waals surface area contributed by atoms with Crippen molar-refractivity contribution in [3.63, 3.8) is 0 Å². The lowest BCUT2D eigenvalue weighted by molar-refractivity contribution is 0.175. The molecule has 1 heterocycles. The number of nitrogens with zero attached hydrogens (tertiary/aromatic N) is 1. The van der Waals surface area contributed by atoms with E-state index < -0.39 is 0 Å². The van der Waals surface area contributed by atoms with Gasteiger partial charge in [-0.2, -0.15) is 0 Å². The number of hydrogen-bond acceptors (Lipinski definition) is 4. The van der Waals surface area contributed by atoms with Crippen molar-refractivity contribution >= 4 is 0 Å². The van der Waals surface area contributed by atoms with Gasteiger partial charge in [0.05, 0.1) is 0 Å². The van der Waals surface area contributed by atoms with Crippen LogP contribution in [0.2, 0.25) is 0 Å². The molecule has 1 rings (SSSR count). The Morgan fingerprint density at radius 2 is 0.727 bits per heavy atom. The summed E-state index contributed by atoms with van der Waals surface area (Å²) in [4.78, 5) is 2.86. The standard InChI is InChI=1S/C40H84N4/c1-3-5-7-9-11-13-15-17-19-21-23-25-27-29-31-40-39-43-35-34-41-32-33-42-36-38-44(40)37-30-28-26-24-22-20-18-16-14-12-10-8-6-4-2/h40-43H,3-39H2,1-2H3. The monoisotopic (exact) mass is 621 g/mol. The molecule has 264 valence electrons.